The van der Waals surface area contributed by atoms with Crippen LogP contribution in [-0.2, 0) is 9.59 Å². The highest BCUT2D eigenvalue weighted by Gasteiger charge is 2.44. The Morgan fingerprint density at radius 1 is 0.905 bits per heavy atom. The molecule has 0 aromatic rings. The minimum atomic E-state index is -0.323. The van der Waals surface area contributed by atoms with Gasteiger partial charge in [-0.05, 0) is 31.1 Å². The first-order valence-corrected chi connectivity index (χ1v) is 8.44. The lowest BCUT2D eigenvalue weighted by Crippen LogP contribution is -2.54. The van der Waals surface area contributed by atoms with Crippen molar-refractivity contribution >= 4 is 11.8 Å². The van der Waals surface area contributed by atoms with Gasteiger partial charge in [0.05, 0.1) is 0 Å². The van der Waals surface area contributed by atoms with Crippen LogP contribution in [0.3, 0.4) is 0 Å². The Hall–Kier alpha value is -1.06. The van der Waals surface area contributed by atoms with Gasteiger partial charge >= 0.3 is 0 Å². The minimum Gasteiger partial charge on any atom is -0.339 e. The van der Waals surface area contributed by atoms with Crippen molar-refractivity contribution in [3.63, 3.8) is 0 Å². The van der Waals surface area contributed by atoms with E-state index in [4.69, 9.17) is 0 Å². The lowest BCUT2D eigenvalue weighted by Gasteiger charge is -2.39. The molecular weight excluding hydrogens is 264 g/mol. The molecule has 2 bridgehead atoms. The van der Waals surface area contributed by atoms with E-state index >= 15 is 0 Å². The van der Waals surface area contributed by atoms with E-state index in [1.165, 1.54) is 19.3 Å². The van der Waals surface area contributed by atoms with E-state index in [9.17, 15) is 9.59 Å². The largest absolute Gasteiger partial charge is 0.339 e. The predicted molar refractivity (Wildman–Crippen MR) is 81.6 cm³/mol. The molecule has 118 valence electrons. The summed E-state index contributed by atoms with van der Waals surface area (Å²) in [4.78, 5) is 28.9. The summed E-state index contributed by atoms with van der Waals surface area (Å²) in [6.07, 6.45) is 4.98. The smallest absolute Gasteiger partial charge is 0.228 e. The van der Waals surface area contributed by atoms with Crippen LogP contribution in [0.4, 0.5) is 0 Å². The molecule has 0 aromatic carbocycles. The molecule has 1 saturated heterocycles. The van der Waals surface area contributed by atoms with E-state index in [1.807, 2.05) is 30.6 Å². The van der Waals surface area contributed by atoms with Crippen LogP contribution in [0.25, 0.3) is 0 Å². The average molecular weight is 292 g/mol. The van der Waals surface area contributed by atoms with Gasteiger partial charge < -0.3 is 9.80 Å². The number of hydrogen-bond donors (Lipinski definition) is 0. The quantitative estimate of drug-likeness (QED) is 0.743. The second-order valence-electron chi connectivity index (χ2n) is 8.15. The van der Waals surface area contributed by atoms with E-state index in [0.29, 0.717) is 38.0 Å². The van der Waals surface area contributed by atoms with Gasteiger partial charge in [0, 0.05) is 37.5 Å². The second kappa shape index (κ2) is 5.29. The zero-order chi connectivity index (χ0) is 15.2. The van der Waals surface area contributed by atoms with Crippen LogP contribution in [0.2, 0.25) is 0 Å². The van der Waals surface area contributed by atoms with Gasteiger partial charge in [-0.1, -0.05) is 27.2 Å². The van der Waals surface area contributed by atoms with E-state index in [2.05, 4.69) is 0 Å². The molecule has 4 nitrogen and oxygen atoms in total. The fourth-order valence-electron chi connectivity index (χ4n) is 4.39. The number of rotatable bonds is 1. The van der Waals surface area contributed by atoms with E-state index in [-0.39, 0.29) is 17.2 Å². The first kappa shape index (κ1) is 14.9. The highest BCUT2D eigenvalue weighted by molar-refractivity contribution is 5.83. The molecule has 3 fully saturated rings. The zero-order valence-electron chi connectivity index (χ0n) is 13.6. The summed E-state index contributed by atoms with van der Waals surface area (Å²) in [7, 11) is 0. The molecule has 2 amide bonds. The molecule has 4 heteroatoms. The molecule has 0 radical (unpaired) electrons. The number of carbonyl (C=O) groups excluding carboxylic acids is 2. The molecule has 0 aromatic heterocycles. The summed E-state index contributed by atoms with van der Waals surface area (Å²) in [6.45, 7) is 8.71. The standard InChI is InChI=1S/C17H28N2O2/c1-17(2,3)16(21)19-8-6-18(7-9-19)15(20)14-11-12-4-5-13(14)10-12/h12-14H,4-11H2,1-3H3. The number of amides is 2. The van der Waals surface area contributed by atoms with Gasteiger partial charge in [-0.3, -0.25) is 9.59 Å². The maximum Gasteiger partial charge on any atom is 0.228 e. The van der Waals surface area contributed by atoms with Crippen LogP contribution >= 0.6 is 0 Å². The van der Waals surface area contributed by atoms with Gasteiger partial charge in [0.15, 0.2) is 0 Å². The number of carbonyl (C=O) groups is 2. The molecule has 0 spiro atoms. The lowest BCUT2D eigenvalue weighted by molar-refractivity contribution is -0.147. The van der Waals surface area contributed by atoms with Crippen molar-refractivity contribution in [3.8, 4) is 0 Å². The maximum atomic E-state index is 12.7. The van der Waals surface area contributed by atoms with Gasteiger partial charge in [-0.2, -0.15) is 0 Å². The van der Waals surface area contributed by atoms with Gasteiger partial charge in [0.1, 0.15) is 0 Å². The zero-order valence-corrected chi connectivity index (χ0v) is 13.6. The van der Waals surface area contributed by atoms with Crippen LogP contribution in [0.1, 0.15) is 46.5 Å². The van der Waals surface area contributed by atoms with Crippen LogP contribution < -0.4 is 0 Å². The molecular formula is C17H28N2O2. The van der Waals surface area contributed by atoms with E-state index in [1.54, 1.807) is 0 Å². The molecule has 21 heavy (non-hydrogen) atoms. The van der Waals surface area contributed by atoms with Crippen molar-refractivity contribution < 1.29 is 9.59 Å². The summed E-state index contributed by atoms with van der Waals surface area (Å²) >= 11 is 0. The Morgan fingerprint density at radius 3 is 2.00 bits per heavy atom. The first-order chi connectivity index (χ1) is 9.86. The number of piperazine rings is 1. The highest BCUT2D eigenvalue weighted by atomic mass is 16.2. The molecule has 3 rings (SSSR count). The molecule has 0 N–H and O–H groups in total. The molecule has 2 saturated carbocycles. The highest BCUT2D eigenvalue weighted by Crippen LogP contribution is 2.48. The SMILES string of the molecule is CC(C)(C)C(=O)N1CCN(C(=O)C2CC3CCC2C3)CC1. The van der Waals surface area contributed by atoms with Crippen molar-refractivity contribution in [2.75, 3.05) is 26.2 Å². The van der Waals surface area contributed by atoms with E-state index < -0.39 is 0 Å². The van der Waals surface area contributed by atoms with Crippen molar-refractivity contribution in [2.24, 2.45) is 23.2 Å². The van der Waals surface area contributed by atoms with E-state index in [0.717, 1.165) is 12.3 Å². The lowest BCUT2D eigenvalue weighted by atomic mass is 9.87. The first-order valence-electron chi connectivity index (χ1n) is 8.44. The van der Waals surface area contributed by atoms with Crippen molar-refractivity contribution in [3.05, 3.63) is 0 Å². The molecule has 2 aliphatic carbocycles. The molecule has 3 aliphatic rings. The monoisotopic (exact) mass is 292 g/mol. The molecule has 3 atom stereocenters. The third-order valence-corrected chi connectivity index (χ3v) is 5.58. The predicted octanol–water partition coefficient (Wildman–Crippen LogP) is 2.14. The second-order valence-corrected chi connectivity index (χ2v) is 8.15. The molecule has 1 aliphatic heterocycles. The number of nitrogens with zero attached hydrogens (tertiary/aromatic N) is 2. The topological polar surface area (TPSA) is 40.6 Å². The summed E-state index contributed by atoms with van der Waals surface area (Å²) in [5.41, 5.74) is -0.323. The van der Waals surface area contributed by atoms with Crippen molar-refractivity contribution in [1.29, 1.82) is 0 Å². The Balaban J connectivity index is 1.54. The third-order valence-electron chi connectivity index (χ3n) is 5.58. The Labute approximate surface area is 127 Å². The number of hydrogen-bond acceptors (Lipinski definition) is 2. The summed E-state index contributed by atoms with van der Waals surface area (Å²) < 4.78 is 0. The molecule has 1 heterocycles. The van der Waals surface area contributed by atoms with Crippen molar-refractivity contribution in [1.82, 2.24) is 9.80 Å². The Morgan fingerprint density at radius 2 is 1.52 bits per heavy atom. The summed E-state index contributed by atoms with van der Waals surface area (Å²) in [6, 6.07) is 0. The third kappa shape index (κ3) is 2.82. The van der Waals surface area contributed by atoms with Gasteiger partial charge in [-0.15, -0.1) is 0 Å². The number of fused-ring (bicyclic) bond motifs is 2. The Kier molecular flexibility index (Phi) is 3.74. The Bertz CT molecular complexity index is 433. The van der Waals surface area contributed by atoms with Crippen molar-refractivity contribution in [2.45, 2.75) is 46.5 Å². The minimum absolute atomic E-state index is 0.203. The average Bonchev–Trinajstić information content (AvgIpc) is 3.07. The fourth-order valence-corrected chi connectivity index (χ4v) is 4.39. The van der Waals surface area contributed by atoms with Crippen LogP contribution in [0, 0.1) is 23.2 Å². The normalized spacial score (nSPS) is 32.6. The van der Waals surface area contributed by atoms with Gasteiger partial charge in [0.25, 0.3) is 0 Å². The van der Waals surface area contributed by atoms with Crippen LogP contribution in [0.5, 0.6) is 0 Å². The molecule has 3 unspecified atom stereocenters. The summed E-state index contributed by atoms with van der Waals surface area (Å²) in [5, 5.41) is 0. The van der Waals surface area contributed by atoms with Crippen LogP contribution in [0.15, 0.2) is 0 Å². The maximum absolute atomic E-state index is 12.7. The van der Waals surface area contributed by atoms with Gasteiger partial charge in [-0.25, -0.2) is 0 Å². The van der Waals surface area contributed by atoms with Crippen LogP contribution in [-0.4, -0.2) is 47.8 Å². The van der Waals surface area contributed by atoms with Gasteiger partial charge in [0.2, 0.25) is 11.8 Å². The fraction of sp³-hybridized carbons (Fsp3) is 0.882. The summed E-state index contributed by atoms with van der Waals surface area (Å²) in [5.74, 6) is 2.32.